The largest absolute Gasteiger partial charge is 0.478 e. The highest BCUT2D eigenvalue weighted by Gasteiger charge is 2.18. The van der Waals surface area contributed by atoms with Crippen LogP contribution in [0, 0.1) is 0 Å². The van der Waals surface area contributed by atoms with Crippen molar-refractivity contribution in [3.63, 3.8) is 0 Å². The molecule has 0 saturated carbocycles. The van der Waals surface area contributed by atoms with Crippen LogP contribution in [0.1, 0.15) is 10.4 Å². The van der Waals surface area contributed by atoms with Gasteiger partial charge < -0.3 is 5.11 Å². The number of sulfonamides is 1. The smallest absolute Gasteiger partial charge is 0.337 e. The first-order valence-electron chi connectivity index (χ1n) is 5.90. The van der Waals surface area contributed by atoms with Crippen molar-refractivity contribution < 1.29 is 18.3 Å². The van der Waals surface area contributed by atoms with Crippen molar-refractivity contribution in [3.8, 4) is 0 Å². The Morgan fingerprint density at radius 2 is 2.19 bits per heavy atom. The molecule has 2 aromatic rings. The van der Waals surface area contributed by atoms with E-state index in [1.54, 1.807) is 23.1 Å². The Hall–Kier alpha value is -1.90. The lowest BCUT2D eigenvalue weighted by atomic mass is 10.2. The van der Waals surface area contributed by atoms with Crippen LogP contribution in [-0.2, 0) is 16.6 Å². The highest BCUT2D eigenvalue weighted by Crippen LogP contribution is 2.20. The van der Waals surface area contributed by atoms with Crippen molar-refractivity contribution >= 4 is 27.6 Å². The summed E-state index contributed by atoms with van der Waals surface area (Å²) in [7, 11) is -3.80. The number of halogens is 1. The fraction of sp³-hybridized carbons (Fsp3) is 0.167. The van der Waals surface area contributed by atoms with Gasteiger partial charge >= 0.3 is 5.97 Å². The molecule has 2 rings (SSSR count). The highest BCUT2D eigenvalue weighted by atomic mass is 35.5. The molecule has 0 atom stereocenters. The van der Waals surface area contributed by atoms with E-state index in [0.29, 0.717) is 6.54 Å². The number of carbonyl (C=O) groups is 1. The predicted octanol–water partition coefficient (Wildman–Crippen LogP) is 1.21. The molecule has 112 valence electrons. The number of hydrogen-bond acceptors (Lipinski definition) is 4. The zero-order valence-electron chi connectivity index (χ0n) is 10.7. The van der Waals surface area contributed by atoms with Crippen LogP contribution in [0.15, 0.2) is 41.6 Å². The summed E-state index contributed by atoms with van der Waals surface area (Å²) in [4.78, 5) is 10.8. The van der Waals surface area contributed by atoms with Gasteiger partial charge in [0.1, 0.15) is 0 Å². The van der Waals surface area contributed by atoms with Crippen LogP contribution >= 0.6 is 11.6 Å². The lowest BCUT2D eigenvalue weighted by Crippen LogP contribution is -2.27. The fourth-order valence-electron chi connectivity index (χ4n) is 1.65. The molecule has 0 aliphatic carbocycles. The van der Waals surface area contributed by atoms with E-state index in [9.17, 15) is 13.2 Å². The van der Waals surface area contributed by atoms with Crippen LogP contribution < -0.4 is 4.72 Å². The van der Waals surface area contributed by atoms with Crippen LogP contribution in [0.25, 0.3) is 0 Å². The van der Waals surface area contributed by atoms with Gasteiger partial charge in [0.15, 0.2) is 0 Å². The molecular weight excluding hydrogens is 318 g/mol. The van der Waals surface area contributed by atoms with Crippen LogP contribution in [-0.4, -0.2) is 35.8 Å². The molecule has 7 nitrogen and oxygen atoms in total. The van der Waals surface area contributed by atoms with Gasteiger partial charge in [-0.3, -0.25) is 4.68 Å². The van der Waals surface area contributed by atoms with Crippen molar-refractivity contribution in [3.05, 3.63) is 47.2 Å². The third kappa shape index (κ3) is 3.81. The Kier molecular flexibility index (Phi) is 4.61. The molecule has 0 unspecified atom stereocenters. The number of benzene rings is 1. The second-order valence-electron chi connectivity index (χ2n) is 4.11. The van der Waals surface area contributed by atoms with E-state index in [1.165, 1.54) is 12.1 Å². The van der Waals surface area contributed by atoms with Crippen molar-refractivity contribution in [1.82, 2.24) is 14.5 Å². The van der Waals surface area contributed by atoms with Crippen molar-refractivity contribution in [2.24, 2.45) is 0 Å². The number of aromatic nitrogens is 2. The molecule has 0 amide bonds. The Morgan fingerprint density at radius 3 is 2.81 bits per heavy atom. The Bertz CT molecular complexity index is 744. The molecule has 1 heterocycles. The van der Waals surface area contributed by atoms with E-state index in [1.807, 2.05) is 0 Å². The molecule has 0 bridgehead atoms. The molecule has 1 aromatic carbocycles. The summed E-state index contributed by atoms with van der Waals surface area (Å²) in [5, 5.41) is 12.9. The van der Waals surface area contributed by atoms with E-state index in [4.69, 9.17) is 16.7 Å². The molecule has 0 saturated heterocycles. The van der Waals surface area contributed by atoms with Gasteiger partial charge in [-0.25, -0.2) is 17.9 Å². The monoisotopic (exact) mass is 329 g/mol. The van der Waals surface area contributed by atoms with Gasteiger partial charge in [-0.15, -0.1) is 0 Å². The van der Waals surface area contributed by atoms with E-state index in [2.05, 4.69) is 9.82 Å². The minimum atomic E-state index is -3.80. The van der Waals surface area contributed by atoms with Crippen molar-refractivity contribution in [1.29, 1.82) is 0 Å². The van der Waals surface area contributed by atoms with E-state index >= 15 is 0 Å². The van der Waals surface area contributed by atoms with Gasteiger partial charge in [0, 0.05) is 18.9 Å². The number of hydrogen-bond donors (Lipinski definition) is 2. The standard InChI is InChI=1S/C12H12ClN3O4S/c13-11-3-2-9(8-10(11)12(17)18)21(19,20)15-5-7-16-6-1-4-14-16/h1-4,6,8,15H,5,7H2,(H,17,18). The molecule has 0 aliphatic heterocycles. The fourth-order valence-corrected chi connectivity index (χ4v) is 2.89. The second kappa shape index (κ2) is 6.25. The highest BCUT2D eigenvalue weighted by molar-refractivity contribution is 7.89. The quantitative estimate of drug-likeness (QED) is 0.829. The Balaban J connectivity index is 2.12. The Labute approximate surface area is 126 Å². The van der Waals surface area contributed by atoms with Gasteiger partial charge in [-0.05, 0) is 24.3 Å². The van der Waals surface area contributed by atoms with Crippen molar-refractivity contribution in [2.75, 3.05) is 6.54 Å². The average Bonchev–Trinajstić information content (AvgIpc) is 2.91. The van der Waals surface area contributed by atoms with E-state index < -0.39 is 16.0 Å². The van der Waals surface area contributed by atoms with Gasteiger partial charge in [0.05, 0.1) is 22.0 Å². The maximum absolute atomic E-state index is 12.1. The Morgan fingerprint density at radius 1 is 1.43 bits per heavy atom. The van der Waals surface area contributed by atoms with Gasteiger partial charge in [0.2, 0.25) is 10.0 Å². The summed E-state index contributed by atoms with van der Waals surface area (Å²) in [6.07, 6.45) is 3.30. The molecule has 0 radical (unpaired) electrons. The first kappa shape index (κ1) is 15.5. The number of carboxylic acids is 1. The van der Waals surface area contributed by atoms with Gasteiger partial charge in [0.25, 0.3) is 0 Å². The molecule has 2 N–H and O–H groups in total. The van der Waals surface area contributed by atoms with Crippen molar-refractivity contribution in [2.45, 2.75) is 11.4 Å². The van der Waals surface area contributed by atoms with Crippen LogP contribution in [0.3, 0.4) is 0 Å². The number of carboxylic acid groups (broad SMARTS) is 1. The SMILES string of the molecule is O=C(O)c1cc(S(=O)(=O)NCCn2cccn2)ccc1Cl. The second-order valence-corrected chi connectivity index (χ2v) is 6.29. The first-order chi connectivity index (χ1) is 9.90. The van der Waals surface area contributed by atoms with Gasteiger partial charge in [-0.2, -0.15) is 5.10 Å². The maximum atomic E-state index is 12.1. The molecule has 0 spiro atoms. The van der Waals surface area contributed by atoms with E-state index in [-0.39, 0.29) is 22.0 Å². The summed E-state index contributed by atoms with van der Waals surface area (Å²) >= 11 is 5.71. The zero-order valence-corrected chi connectivity index (χ0v) is 12.3. The predicted molar refractivity (Wildman–Crippen MR) is 75.8 cm³/mol. The minimum absolute atomic E-state index is 0.0157. The number of nitrogens with zero attached hydrogens (tertiary/aromatic N) is 2. The van der Waals surface area contributed by atoms with Crippen LogP contribution in [0.4, 0.5) is 0 Å². The first-order valence-corrected chi connectivity index (χ1v) is 7.76. The third-order valence-corrected chi connectivity index (χ3v) is 4.46. The van der Waals surface area contributed by atoms with Crippen LogP contribution in [0.5, 0.6) is 0 Å². The number of rotatable bonds is 6. The maximum Gasteiger partial charge on any atom is 0.337 e. The molecule has 9 heteroatoms. The number of nitrogens with one attached hydrogen (secondary N) is 1. The summed E-state index contributed by atoms with van der Waals surface area (Å²) in [5.41, 5.74) is -0.258. The minimum Gasteiger partial charge on any atom is -0.478 e. The third-order valence-electron chi connectivity index (χ3n) is 2.67. The summed E-state index contributed by atoms with van der Waals surface area (Å²) in [6.45, 7) is 0.501. The normalized spacial score (nSPS) is 11.5. The molecule has 0 fully saturated rings. The molecule has 0 aliphatic rings. The van der Waals surface area contributed by atoms with Gasteiger partial charge in [-0.1, -0.05) is 11.6 Å². The summed E-state index contributed by atoms with van der Waals surface area (Å²) < 4.78 is 28.1. The zero-order chi connectivity index (χ0) is 15.5. The average molecular weight is 330 g/mol. The molecule has 21 heavy (non-hydrogen) atoms. The summed E-state index contributed by atoms with van der Waals surface area (Å²) in [5.74, 6) is -1.28. The van der Waals surface area contributed by atoms with Crippen LogP contribution in [0.2, 0.25) is 5.02 Å². The topological polar surface area (TPSA) is 101 Å². The summed E-state index contributed by atoms with van der Waals surface area (Å²) in [6, 6.07) is 5.26. The molecular formula is C12H12ClN3O4S. The number of aromatic carboxylic acids is 1. The molecule has 1 aromatic heterocycles. The lowest BCUT2D eigenvalue weighted by molar-refractivity contribution is 0.0697. The van der Waals surface area contributed by atoms with E-state index in [0.717, 1.165) is 6.07 Å². The lowest BCUT2D eigenvalue weighted by Gasteiger charge is -2.08.